The second-order valence-corrected chi connectivity index (χ2v) is 8.29. The molecular weight excluding hydrogens is 400 g/mol. The molecule has 0 fully saturated rings. The molecule has 0 spiro atoms. The molecule has 160 valence electrons. The third-order valence-electron chi connectivity index (χ3n) is 4.92. The van der Waals surface area contributed by atoms with E-state index in [0.29, 0.717) is 6.61 Å². The topological polar surface area (TPSA) is 24.8 Å². The number of hydrogen-bond acceptors (Lipinski definition) is 4. The van der Waals surface area contributed by atoms with Crippen LogP contribution in [0.4, 0.5) is 11.4 Å². The normalized spacial score (nSPS) is 12.5. The Morgan fingerprint density at radius 3 is 2.39 bits per heavy atom. The van der Waals surface area contributed by atoms with Gasteiger partial charge < -0.3 is 9.64 Å². The van der Waals surface area contributed by atoms with Gasteiger partial charge in [-0.05, 0) is 49.2 Å². The van der Waals surface area contributed by atoms with Crippen molar-refractivity contribution in [1.82, 2.24) is 0 Å². The summed E-state index contributed by atoms with van der Waals surface area (Å²) in [6.45, 7) is 17.6. The first kappa shape index (κ1) is 22.7. The fraction of sp³-hybridized carbons (Fsp3) is 0.222. The van der Waals surface area contributed by atoms with Crippen LogP contribution >= 0.6 is 11.8 Å². The Morgan fingerprint density at radius 2 is 1.68 bits per heavy atom. The van der Waals surface area contributed by atoms with Gasteiger partial charge in [0.15, 0.2) is 0 Å². The number of allylic oxidation sites excluding steroid dienone is 1. The van der Waals surface area contributed by atoms with Gasteiger partial charge in [-0.2, -0.15) is 0 Å². The molecule has 2 aromatic rings. The van der Waals surface area contributed by atoms with Crippen LogP contribution in [-0.4, -0.2) is 19.7 Å². The summed E-state index contributed by atoms with van der Waals surface area (Å²) in [6, 6.07) is 12.8. The molecule has 0 N–H and O–H groups in total. The Kier molecular flexibility index (Phi) is 8.36. The van der Waals surface area contributed by atoms with Crippen LogP contribution in [0.25, 0.3) is 5.76 Å². The van der Waals surface area contributed by atoms with E-state index in [2.05, 4.69) is 67.6 Å². The number of anilines is 1. The predicted molar refractivity (Wildman–Crippen MR) is 134 cm³/mol. The molecule has 2 aromatic carbocycles. The molecular formula is C27H30N2OS. The zero-order valence-corrected chi connectivity index (χ0v) is 18.9. The van der Waals surface area contributed by atoms with Crippen LogP contribution in [0.5, 0.6) is 0 Å². The van der Waals surface area contributed by atoms with Crippen molar-refractivity contribution in [2.75, 3.05) is 24.6 Å². The number of ether oxygens (including phenoxy) is 1. The number of nitrogens with zero attached hydrogens (tertiary/aromatic N) is 2. The van der Waals surface area contributed by atoms with Crippen molar-refractivity contribution in [2.24, 2.45) is 4.99 Å². The fourth-order valence-electron chi connectivity index (χ4n) is 3.38. The molecule has 0 bridgehead atoms. The van der Waals surface area contributed by atoms with Crippen molar-refractivity contribution in [3.05, 3.63) is 97.6 Å². The number of hydrogen-bond donors (Lipinski definition) is 0. The van der Waals surface area contributed by atoms with Crippen LogP contribution < -0.4 is 15.5 Å². The highest BCUT2D eigenvalue weighted by Crippen LogP contribution is 2.38. The molecule has 0 saturated carbocycles. The van der Waals surface area contributed by atoms with E-state index < -0.39 is 0 Å². The quantitative estimate of drug-likeness (QED) is 0.262. The molecule has 1 heterocycles. The second kappa shape index (κ2) is 11.4. The molecule has 3 rings (SSSR count). The Morgan fingerprint density at radius 1 is 0.903 bits per heavy atom. The SMILES string of the molecule is C=CCCO/C(CCC=C)=c1/ccc2c(c1)Sc1cc(N(CC=C)CC=C)ccc1N=2. The van der Waals surface area contributed by atoms with Gasteiger partial charge in [-0.15, -0.1) is 26.3 Å². The Balaban J connectivity index is 1.97. The molecule has 3 nitrogen and oxygen atoms in total. The van der Waals surface area contributed by atoms with Crippen LogP contribution in [0.15, 0.2) is 102 Å². The van der Waals surface area contributed by atoms with E-state index in [1.807, 2.05) is 24.3 Å². The molecule has 0 radical (unpaired) electrons. The smallest absolute Gasteiger partial charge is 0.103 e. The van der Waals surface area contributed by atoms with Crippen molar-refractivity contribution >= 4 is 28.9 Å². The van der Waals surface area contributed by atoms with E-state index in [1.165, 1.54) is 0 Å². The number of fused-ring (bicyclic) bond motifs is 2. The minimum atomic E-state index is 0.638. The maximum atomic E-state index is 6.07. The molecule has 0 atom stereocenters. The summed E-state index contributed by atoms with van der Waals surface area (Å²) in [6.07, 6.45) is 10.2. The van der Waals surface area contributed by atoms with Gasteiger partial charge >= 0.3 is 0 Å². The summed E-state index contributed by atoms with van der Waals surface area (Å²) >= 11 is 1.76. The van der Waals surface area contributed by atoms with E-state index in [0.717, 1.165) is 69.9 Å². The average molecular weight is 431 g/mol. The van der Waals surface area contributed by atoms with Crippen LogP contribution in [0.1, 0.15) is 19.3 Å². The molecule has 0 amide bonds. The van der Waals surface area contributed by atoms with Gasteiger partial charge in [0.25, 0.3) is 0 Å². The first-order valence-corrected chi connectivity index (χ1v) is 11.4. The minimum absolute atomic E-state index is 0.638. The minimum Gasteiger partial charge on any atom is -0.497 e. The summed E-state index contributed by atoms with van der Waals surface area (Å²) < 4.78 is 6.07. The van der Waals surface area contributed by atoms with E-state index in [9.17, 15) is 0 Å². The molecule has 0 aromatic heterocycles. The van der Waals surface area contributed by atoms with Crippen molar-refractivity contribution < 1.29 is 4.74 Å². The predicted octanol–water partition coefficient (Wildman–Crippen LogP) is 5.95. The van der Waals surface area contributed by atoms with Gasteiger partial charge in [0.05, 0.1) is 17.7 Å². The monoisotopic (exact) mass is 430 g/mol. The van der Waals surface area contributed by atoms with Gasteiger partial charge in [-0.3, -0.25) is 0 Å². The van der Waals surface area contributed by atoms with Crippen molar-refractivity contribution in [2.45, 2.75) is 29.1 Å². The van der Waals surface area contributed by atoms with E-state index in [-0.39, 0.29) is 0 Å². The summed E-state index contributed by atoms with van der Waals surface area (Å²) in [5.41, 5.74) is 2.15. The third kappa shape index (κ3) is 5.80. The number of rotatable bonds is 12. The second-order valence-electron chi connectivity index (χ2n) is 7.21. The lowest BCUT2D eigenvalue weighted by Crippen LogP contribution is -2.23. The molecule has 0 saturated heterocycles. The van der Waals surface area contributed by atoms with Gasteiger partial charge in [0.1, 0.15) is 5.76 Å². The lowest BCUT2D eigenvalue weighted by Gasteiger charge is -2.23. The summed E-state index contributed by atoms with van der Waals surface area (Å²) in [5.74, 6) is 0.993. The first-order chi connectivity index (χ1) is 15.2. The van der Waals surface area contributed by atoms with E-state index >= 15 is 0 Å². The van der Waals surface area contributed by atoms with Gasteiger partial charge in [0, 0.05) is 40.2 Å². The molecule has 1 aliphatic heterocycles. The van der Waals surface area contributed by atoms with Crippen LogP contribution in [0.3, 0.4) is 0 Å². The maximum Gasteiger partial charge on any atom is 0.103 e. The van der Waals surface area contributed by atoms with Crippen LogP contribution in [0, 0.1) is 0 Å². The van der Waals surface area contributed by atoms with Gasteiger partial charge in [-0.1, -0.05) is 36.1 Å². The molecule has 1 aliphatic rings. The molecule has 4 heteroatoms. The zero-order valence-electron chi connectivity index (χ0n) is 18.1. The first-order valence-electron chi connectivity index (χ1n) is 10.5. The summed E-state index contributed by atoms with van der Waals surface area (Å²) in [5, 5.41) is 2.10. The molecule has 31 heavy (non-hydrogen) atoms. The Hall–Kier alpha value is -2.98. The third-order valence-corrected chi connectivity index (χ3v) is 6.02. The van der Waals surface area contributed by atoms with Gasteiger partial charge in [0.2, 0.25) is 0 Å². The lowest BCUT2D eigenvalue weighted by molar-refractivity contribution is 0.268. The Bertz CT molecular complexity index is 1080. The van der Waals surface area contributed by atoms with E-state index in [4.69, 9.17) is 9.73 Å². The standard InChI is InChI=1S/C27H30N2OS/c1-5-9-11-25(30-18-10-6-2)21-12-14-23-26(19-21)31-27-20-22(13-15-24(27)28-23)29(16-7-3)17-8-4/h5-8,12-15,19-20H,1-4,9-11,16-18H2/b25-21-. The van der Waals surface area contributed by atoms with Crippen molar-refractivity contribution in [1.29, 1.82) is 0 Å². The molecule has 0 aliphatic carbocycles. The van der Waals surface area contributed by atoms with Crippen molar-refractivity contribution in [3.8, 4) is 0 Å². The largest absolute Gasteiger partial charge is 0.497 e. The lowest BCUT2D eigenvalue weighted by atomic mass is 10.2. The highest BCUT2D eigenvalue weighted by Gasteiger charge is 2.15. The maximum absolute atomic E-state index is 6.07. The summed E-state index contributed by atoms with van der Waals surface area (Å²) in [7, 11) is 0. The Labute approximate surface area is 189 Å². The van der Waals surface area contributed by atoms with Crippen LogP contribution in [-0.2, 0) is 4.74 Å². The number of benzene rings is 2. The highest BCUT2D eigenvalue weighted by molar-refractivity contribution is 7.99. The zero-order chi connectivity index (χ0) is 22.1. The van der Waals surface area contributed by atoms with E-state index in [1.54, 1.807) is 11.8 Å². The fourth-order valence-corrected chi connectivity index (χ4v) is 4.42. The molecule has 0 unspecified atom stereocenters. The highest BCUT2D eigenvalue weighted by atomic mass is 32.2. The average Bonchev–Trinajstić information content (AvgIpc) is 2.79. The van der Waals surface area contributed by atoms with Gasteiger partial charge in [-0.25, -0.2) is 4.99 Å². The van der Waals surface area contributed by atoms with Crippen molar-refractivity contribution in [3.63, 3.8) is 0 Å². The van der Waals surface area contributed by atoms with Crippen LogP contribution in [0.2, 0.25) is 0 Å². The summed E-state index contributed by atoms with van der Waals surface area (Å²) in [4.78, 5) is 9.41.